The number of carboxylic acid groups (broad SMARTS) is 1. The van der Waals surface area contributed by atoms with E-state index in [0.29, 0.717) is 29.6 Å². The molecule has 0 atom stereocenters. The van der Waals surface area contributed by atoms with E-state index in [4.69, 9.17) is 23.4 Å². The van der Waals surface area contributed by atoms with Gasteiger partial charge in [0.2, 0.25) is 12.7 Å². The normalized spacial score (nSPS) is 12.7. The van der Waals surface area contributed by atoms with Gasteiger partial charge < -0.3 is 23.4 Å². The first kappa shape index (κ1) is 19.2. The van der Waals surface area contributed by atoms with Gasteiger partial charge in [0.25, 0.3) is 0 Å². The fourth-order valence-electron chi connectivity index (χ4n) is 2.87. The van der Waals surface area contributed by atoms with Crippen molar-refractivity contribution in [2.24, 2.45) is 0 Å². The van der Waals surface area contributed by atoms with E-state index >= 15 is 0 Å². The van der Waals surface area contributed by atoms with E-state index in [1.165, 1.54) is 11.8 Å². The third kappa shape index (κ3) is 4.65. The number of hydrogen-bond acceptors (Lipinski definition) is 7. The summed E-state index contributed by atoms with van der Waals surface area (Å²) in [5.74, 6) is 4.04. The number of hydrogen-bond donors (Lipinski definition) is 1. The molecule has 0 spiro atoms. The summed E-state index contributed by atoms with van der Waals surface area (Å²) in [6.45, 7) is 2.10. The first-order valence-corrected chi connectivity index (χ1v) is 10.1. The van der Waals surface area contributed by atoms with Crippen molar-refractivity contribution in [2.75, 3.05) is 18.3 Å². The molecule has 0 saturated carbocycles. The highest BCUT2D eigenvalue weighted by Gasteiger charge is 2.18. The van der Waals surface area contributed by atoms with Crippen LogP contribution in [0.5, 0.6) is 11.5 Å². The molecule has 1 aromatic carbocycles. The Kier molecular flexibility index (Phi) is 5.62. The maximum atomic E-state index is 10.5. The Bertz CT molecular complexity index is 1050. The van der Waals surface area contributed by atoms with Crippen LogP contribution >= 0.6 is 11.8 Å². The van der Waals surface area contributed by atoms with E-state index in [-0.39, 0.29) is 12.5 Å². The van der Waals surface area contributed by atoms with Crippen LogP contribution in [0.25, 0.3) is 17.5 Å². The van der Waals surface area contributed by atoms with Gasteiger partial charge in [-0.05, 0) is 43.3 Å². The molecule has 29 heavy (non-hydrogen) atoms. The van der Waals surface area contributed by atoms with E-state index in [2.05, 4.69) is 4.98 Å². The third-order valence-electron chi connectivity index (χ3n) is 4.26. The second-order valence-corrected chi connectivity index (χ2v) is 7.41. The minimum absolute atomic E-state index is 0.0882. The summed E-state index contributed by atoms with van der Waals surface area (Å²) in [5.41, 5.74) is 1.63. The molecule has 1 N–H and O–H groups in total. The van der Waals surface area contributed by atoms with E-state index < -0.39 is 5.97 Å². The van der Waals surface area contributed by atoms with E-state index in [1.807, 2.05) is 49.4 Å². The van der Waals surface area contributed by atoms with Crippen molar-refractivity contribution in [3.8, 4) is 23.0 Å². The standard InChI is InChI=1S/C21H19NO6S/c1-13-17(10-16-6-5-15(28-16)3-2-8-29-11-20(23)24)22-21(27-13)14-4-7-18-19(9-14)26-12-25-18/h2-7,9H,8,10-12H2,1H3,(H,23,24). The molecule has 0 unspecified atom stereocenters. The predicted octanol–water partition coefficient (Wildman–Crippen LogP) is 4.39. The van der Waals surface area contributed by atoms with Gasteiger partial charge in [-0.15, -0.1) is 11.8 Å². The monoisotopic (exact) mass is 413 g/mol. The number of benzene rings is 1. The number of carbonyl (C=O) groups is 1. The van der Waals surface area contributed by atoms with Gasteiger partial charge in [0.1, 0.15) is 17.3 Å². The van der Waals surface area contributed by atoms with Crippen LogP contribution in [0.2, 0.25) is 0 Å². The SMILES string of the molecule is Cc1oc(-c2ccc3c(c2)OCO3)nc1Cc1ccc(C=CCSCC(=O)O)o1. The van der Waals surface area contributed by atoms with Gasteiger partial charge in [0, 0.05) is 11.3 Å². The summed E-state index contributed by atoms with van der Waals surface area (Å²) in [4.78, 5) is 15.1. The minimum Gasteiger partial charge on any atom is -0.481 e. The number of ether oxygens (including phenoxy) is 2. The number of aromatic nitrogens is 1. The van der Waals surface area contributed by atoms with Crippen molar-refractivity contribution in [1.82, 2.24) is 4.98 Å². The maximum Gasteiger partial charge on any atom is 0.313 e. The highest BCUT2D eigenvalue weighted by Crippen LogP contribution is 2.36. The van der Waals surface area contributed by atoms with Crippen LogP contribution in [-0.4, -0.2) is 34.4 Å². The predicted molar refractivity (Wildman–Crippen MR) is 108 cm³/mol. The van der Waals surface area contributed by atoms with Gasteiger partial charge >= 0.3 is 5.97 Å². The first-order valence-electron chi connectivity index (χ1n) is 8.99. The molecule has 1 aliphatic heterocycles. The number of fused-ring (bicyclic) bond motifs is 1. The number of nitrogens with zero attached hydrogens (tertiary/aromatic N) is 1. The number of furan rings is 1. The van der Waals surface area contributed by atoms with Crippen LogP contribution < -0.4 is 9.47 Å². The van der Waals surface area contributed by atoms with E-state index in [1.54, 1.807) is 0 Å². The number of oxazole rings is 1. The van der Waals surface area contributed by atoms with Crippen LogP contribution in [0.1, 0.15) is 23.0 Å². The molecule has 1 aliphatic rings. The molecule has 0 amide bonds. The summed E-state index contributed by atoms with van der Waals surface area (Å²) >= 11 is 1.33. The fraction of sp³-hybridized carbons (Fsp3) is 0.238. The Morgan fingerprint density at radius 3 is 2.93 bits per heavy atom. The Labute approximate surface area is 171 Å². The molecule has 3 heterocycles. The lowest BCUT2D eigenvalue weighted by Crippen LogP contribution is -1.97. The van der Waals surface area contributed by atoms with Crippen LogP contribution in [0.3, 0.4) is 0 Å². The van der Waals surface area contributed by atoms with Crippen molar-refractivity contribution in [3.63, 3.8) is 0 Å². The topological polar surface area (TPSA) is 94.9 Å². The van der Waals surface area contributed by atoms with E-state index in [0.717, 1.165) is 28.5 Å². The van der Waals surface area contributed by atoms with Crippen molar-refractivity contribution < 1.29 is 28.2 Å². The van der Waals surface area contributed by atoms with Crippen LogP contribution in [-0.2, 0) is 11.2 Å². The lowest BCUT2D eigenvalue weighted by atomic mass is 10.2. The van der Waals surface area contributed by atoms with Gasteiger partial charge in [0.15, 0.2) is 11.5 Å². The van der Waals surface area contributed by atoms with Crippen LogP contribution in [0.15, 0.2) is 45.2 Å². The van der Waals surface area contributed by atoms with Crippen molar-refractivity contribution in [3.05, 3.63) is 59.4 Å². The van der Waals surface area contributed by atoms with Crippen LogP contribution in [0.4, 0.5) is 0 Å². The molecular weight excluding hydrogens is 394 g/mol. The minimum atomic E-state index is -0.813. The lowest BCUT2D eigenvalue weighted by molar-refractivity contribution is -0.133. The van der Waals surface area contributed by atoms with Crippen molar-refractivity contribution in [2.45, 2.75) is 13.3 Å². The van der Waals surface area contributed by atoms with Gasteiger partial charge in [0.05, 0.1) is 17.9 Å². The zero-order valence-electron chi connectivity index (χ0n) is 15.7. The molecule has 150 valence electrons. The largest absolute Gasteiger partial charge is 0.481 e. The molecule has 0 aliphatic carbocycles. The van der Waals surface area contributed by atoms with Crippen LogP contribution in [0, 0.1) is 6.92 Å². The third-order valence-corrected chi connectivity index (χ3v) is 5.14. The lowest BCUT2D eigenvalue weighted by Gasteiger charge is -1.98. The summed E-state index contributed by atoms with van der Waals surface area (Å²) in [5, 5.41) is 8.62. The summed E-state index contributed by atoms with van der Waals surface area (Å²) in [6.07, 6.45) is 4.24. The second-order valence-electron chi connectivity index (χ2n) is 6.38. The maximum absolute atomic E-state index is 10.5. The van der Waals surface area contributed by atoms with Gasteiger partial charge in [-0.3, -0.25) is 4.79 Å². The van der Waals surface area contributed by atoms with Gasteiger partial charge in [-0.25, -0.2) is 4.98 Å². The molecule has 2 aromatic heterocycles. The Morgan fingerprint density at radius 1 is 1.21 bits per heavy atom. The number of carboxylic acids is 1. The highest BCUT2D eigenvalue weighted by atomic mass is 32.2. The average Bonchev–Trinajstić information content (AvgIpc) is 3.41. The first-order chi connectivity index (χ1) is 14.1. The molecule has 4 rings (SSSR count). The Balaban J connectivity index is 1.41. The highest BCUT2D eigenvalue weighted by molar-refractivity contribution is 8.00. The molecule has 8 heteroatoms. The molecular formula is C21H19NO6S. The number of aryl methyl sites for hydroxylation is 1. The molecule has 7 nitrogen and oxygen atoms in total. The number of aliphatic carboxylic acids is 1. The van der Waals surface area contributed by atoms with Gasteiger partial charge in [-0.2, -0.15) is 0 Å². The zero-order chi connectivity index (χ0) is 20.2. The molecule has 0 saturated heterocycles. The van der Waals surface area contributed by atoms with E-state index in [9.17, 15) is 4.79 Å². The van der Waals surface area contributed by atoms with Crippen molar-refractivity contribution >= 4 is 23.8 Å². The summed E-state index contributed by atoms with van der Waals surface area (Å²) in [7, 11) is 0. The molecule has 3 aromatic rings. The second kappa shape index (κ2) is 8.48. The smallest absolute Gasteiger partial charge is 0.313 e. The number of rotatable bonds is 8. The zero-order valence-corrected chi connectivity index (χ0v) is 16.5. The summed E-state index contributed by atoms with van der Waals surface area (Å²) < 4.78 is 22.4. The van der Waals surface area contributed by atoms with Crippen molar-refractivity contribution in [1.29, 1.82) is 0 Å². The van der Waals surface area contributed by atoms with Gasteiger partial charge in [-0.1, -0.05) is 6.08 Å². The Hall–Kier alpha value is -3.13. The molecule has 0 radical (unpaired) electrons. The molecule has 0 fully saturated rings. The number of thioether (sulfide) groups is 1. The summed E-state index contributed by atoms with van der Waals surface area (Å²) in [6, 6.07) is 9.37. The quantitative estimate of drug-likeness (QED) is 0.543. The fourth-order valence-corrected chi connectivity index (χ4v) is 3.39. The Morgan fingerprint density at radius 2 is 2.07 bits per heavy atom. The molecule has 0 bridgehead atoms. The average molecular weight is 413 g/mol.